The van der Waals surface area contributed by atoms with Crippen molar-refractivity contribution in [2.24, 2.45) is 0 Å². The van der Waals surface area contributed by atoms with Gasteiger partial charge in [0.1, 0.15) is 13.2 Å². The van der Waals surface area contributed by atoms with Crippen LogP contribution in [0.1, 0.15) is 168 Å². The molecule has 0 saturated carbocycles. The average molecular weight is 723 g/mol. The van der Waals surface area contributed by atoms with Crippen molar-refractivity contribution in [1.29, 1.82) is 0 Å². The maximum atomic E-state index is 12.5. The van der Waals surface area contributed by atoms with Gasteiger partial charge in [-0.3, -0.25) is 14.4 Å². The van der Waals surface area contributed by atoms with Crippen molar-refractivity contribution in [2.45, 2.75) is 175 Å². The summed E-state index contributed by atoms with van der Waals surface area (Å²) in [4.78, 5) is 37.3. The van der Waals surface area contributed by atoms with Crippen LogP contribution in [0.15, 0.2) is 85.1 Å². The molecule has 6 nitrogen and oxygen atoms in total. The highest BCUT2D eigenvalue weighted by molar-refractivity contribution is 5.72. The average Bonchev–Trinajstić information content (AvgIpc) is 3.14. The second kappa shape index (κ2) is 40.4. The van der Waals surface area contributed by atoms with E-state index >= 15 is 0 Å². The normalized spacial score (nSPS) is 12.9. The van der Waals surface area contributed by atoms with Crippen molar-refractivity contribution in [3.63, 3.8) is 0 Å². The summed E-state index contributed by atoms with van der Waals surface area (Å²) in [5.74, 6) is -1.22. The van der Waals surface area contributed by atoms with E-state index in [1.165, 1.54) is 57.8 Å². The fourth-order valence-corrected chi connectivity index (χ4v) is 5.15. The Kier molecular flexibility index (Phi) is 37.7. The summed E-state index contributed by atoms with van der Waals surface area (Å²) in [5, 5.41) is 0. The Hall–Kier alpha value is -3.41. The van der Waals surface area contributed by atoms with Crippen molar-refractivity contribution in [3.8, 4) is 0 Å². The van der Waals surface area contributed by atoms with Gasteiger partial charge in [0.05, 0.1) is 12.8 Å². The van der Waals surface area contributed by atoms with Crippen molar-refractivity contribution < 1.29 is 28.6 Å². The highest BCUT2D eigenvalue weighted by Gasteiger charge is 2.19. The lowest BCUT2D eigenvalue weighted by atomic mass is 10.1. The van der Waals surface area contributed by atoms with Crippen LogP contribution in [0.3, 0.4) is 0 Å². The molecule has 0 saturated heterocycles. The first-order chi connectivity index (χ1) is 25.5. The Morgan fingerprint density at radius 1 is 0.423 bits per heavy atom. The second-order valence-electron chi connectivity index (χ2n) is 13.2. The summed E-state index contributed by atoms with van der Waals surface area (Å²) < 4.78 is 16.4. The van der Waals surface area contributed by atoms with Crippen LogP contribution in [0.4, 0.5) is 0 Å². The van der Waals surface area contributed by atoms with Gasteiger partial charge in [0, 0.05) is 6.42 Å². The van der Waals surface area contributed by atoms with E-state index in [4.69, 9.17) is 14.2 Å². The Labute approximate surface area is 318 Å². The third-order valence-corrected chi connectivity index (χ3v) is 8.18. The molecule has 0 bridgehead atoms. The number of allylic oxidation sites excluding steroid dienone is 12. The zero-order valence-corrected chi connectivity index (χ0v) is 33.3. The van der Waals surface area contributed by atoms with Crippen molar-refractivity contribution in [2.75, 3.05) is 13.2 Å². The van der Waals surface area contributed by atoms with E-state index in [0.717, 1.165) is 70.6 Å². The first-order valence-electron chi connectivity index (χ1n) is 20.6. The monoisotopic (exact) mass is 723 g/mol. The van der Waals surface area contributed by atoms with Crippen LogP contribution < -0.4 is 0 Å². The summed E-state index contributed by atoms with van der Waals surface area (Å²) in [7, 11) is 0. The molecule has 1 atom stereocenters. The van der Waals surface area contributed by atoms with Crippen LogP contribution in [0, 0.1) is 0 Å². The SMILES string of the molecule is CC/C=C\C/C=C\C/C=C\CC(=O)OCC(COC(=O)CCCCCCC/C=C\CCCCCCCCC)OC(=O)C/C=C\C/C=C\C/C=C\CC. The third-order valence-electron chi connectivity index (χ3n) is 8.18. The van der Waals surface area contributed by atoms with E-state index in [0.29, 0.717) is 6.42 Å². The molecule has 0 fully saturated rings. The van der Waals surface area contributed by atoms with Crippen LogP contribution in [0.5, 0.6) is 0 Å². The molecular formula is C46H74O6. The number of carbonyl (C=O) groups is 3. The molecule has 6 heteroatoms. The van der Waals surface area contributed by atoms with Gasteiger partial charge in [-0.1, -0.05) is 164 Å². The predicted octanol–water partition coefficient (Wildman–Crippen LogP) is 12.9. The van der Waals surface area contributed by atoms with Crippen LogP contribution >= 0.6 is 0 Å². The Morgan fingerprint density at radius 3 is 1.33 bits per heavy atom. The van der Waals surface area contributed by atoms with E-state index in [-0.39, 0.29) is 32.0 Å². The molecule has 0 heterocycles. The van der Waals surface area contributed by atoms with Gasteiger partial charge < -0.3 is 14.2 Å². The van der Waals surface area contributed by atoms with Gasteiger partial charge in [-0.05, 0) is 70.6 Å². The van der Waals surface area contributed by atoms with E-state index in [2.05, 4.69) is 81.5 Å². The van der Waals surface area contributed by atoms with Gasteiger partial charge in [-0.15, -0.1) is 0 Å². The maximum Gasteiger partial charge on any atom is 0.310 e. The van der Waals surface area contributed by atoms with Crippen LogP contribution in [0.25, 0.3) is 0 Å². The topological polar surface area (TPSA) is 78.9 Å². The highest BCUT2D eigenvalue weighted by atomic mass is 16.6. The molecule has 0 aromatic carbocycles. The molecule has 0 aliphatic carbocycles. The number of unbranched alkanes of at least 4 members (excludes halogenated alkanes) is 12. The van der Waals surface area contributed by atoms with Crippen molar-refractivity contribution >= 4 is 17.9 Å². The van der Waals surface area contributed by atoms with E-state index in [1.54, 1.807) is 12.2 Å². The highest BCUT2D eigenvalue weighted by Crippen LogP contribution is 2.11. The number of hydrogen-bond donors (Lipinski definition) is 0. The van der Waals surface area contributed by atoms with Gasteiger partial charge in [-0.25, -0.2) is 0 Å². The molecule has 1 unspecified atom stereocenters. The summed E-state index contributed by atoms with van der Waals surface area (Å²) >= 11 is 0. The minimum atomic E-state index is -0.860. The zero-order valence-electron chi connectivity index (χ0n) is 33.3. The molecule has 0 aliphatic rings. The van der Waals surface area contributed by atoms with E-state index in [9.17, 15) is 14.4 Å². The van der Waals surface area contributed by atoms with Gasteiger partial charge >= 0.3 is 17.9 Å². The second-order valence-corrected chi connectivity index (χ2v) is 13.2. The van der Waals surface area contributed by atoms with Crippen molar-refractivity contribution in [1.82, 2.24) is 0 Å². The predicted molar refractivity (Wildman–Crippen MR) is 219 cm³/mol. The van der Waals surface area contributed by atoms with Crippen molar-refractivity contribution in [3.05, 3.63) is 85.1 Å². The number of ether oxygens (including phenoxy) is 3. The summed E-state index contributed by atoms with van der Waals surface area (Å²) in [6, 6.07) is 0. The summed E-state index contributed by atoms with van der Waals surface area (Å²) in [5.41, 5.74) is 0. The molecule has 0 spiro atoms. The summed E-state index contributed by atoms with van der Waals surface area (Å²) in [6.07, 6.45) is 50.7. The Bertz CT molecular complexity index is 1060. The molecule has 0 radical (unpaired) electrons. The summed E-state index contributed by atoms with van der Waals surface area (Å²) in [6.45, 7) is 6.16. The van der Waals surface area contributed by atoms with Crippen LogP contribution in [-0.2, 0) is 28.6 Å². The lowest BCUT2D eigenvalue weighted by molar-refractivity contribution is -0.166. The molecule has 0 aliphatic heterocycles. The number of carbonyl (C=O) groups excluding carboxylic acids is 3. The molecular weight excluding hydrogens is 649 g/mol. The Morgan fingerprint density at radius 2 is 0.827 bits per heavy atom. The van der Waals surface area contributed by atoms with E-state index in [1.807, 2.05) is 12.2 Å². The Balaban J connectivity index is 4.48. The molecule has 0 aromatic rings. The zero-order chi connectivity index (χ0) is 38.0. The largest absolute Gasteiger partial charge is 0.462 e. The number of esters is 3. The van der Waals surface area contributed by atoms with E-state index < -0.39 is 18.0 Å². The molecule has 0 rings (SSSR count). The number of rotatable bonds is 35. The fourth-order valence-electron chi connectivity index (χ4n) is 5.15. The van der Waals surface area contributed by atoms with Gasteiger partial charge in [-0.2, -0.15) is 0 Å². The molecule has 0 N–H and O–H groups in total. The molecule has 52 heavy (non-hydrogen) atoms. The van der Waals surface area contributed by atoms with Gasteiger partial charge in [0.2, 0.25) is 0 Å². The first kappa shape index (κ1) is 48.6. The van der Waals surface area contributed by atoms with Gasteiger partial charge in [0.25, 0.3) is 0 Å². The van der Waals surface area contributed by atoms with Crippen LogP contribution in [-0.4, -0.2) is 37.2 Å². The minimum absolute atomic E-state index is 0.0848. The number of hydrogen-bond acceptors (Lipinski definition) is 6. The third kappa shape index (κ3) is 37.8. The fraction of sp³-hybridized carbons (Fsp3) is 0.630. The smallest absolute Gasteiger partial charge is 0.310 e. The molecule has 0 amide bonds. The first-order valence-corrected chi connectivity index (χ1v) is 20.6. The molecule has 0 aromatic heterocycles. The minimum Gasteiger partial charge on any atom is -0.462 e. The van der Waals surface area contributed by atoms with Gasteiger partial charge in [0.15, 0.2) is 6.10 Å². The quantitative estimate of drug-likeness (QED) is 0.0280. The maximum absolute atomic E-state index is 12.5. The lowest BCUT2D eigenvalue weighted by Crippen LogP contribution is -2.30. The standard InChI is InChI=1S/C46H74O6/c1-4-7-10-13-16-19-20-21-22-23-24-25-28-30-33-36-39-45(48)51-42-43(52-46(49)40-37-34-31-27-18-15-12-9-6-3)41-50-44(47)38-35-32-29-26-17-14-11-8-5-2/h8-9,11-12,17-18,22-23,26-27,32,34-35,37,43H,4-7,10,13-16,19-21,24-25,28-31,33,36,38-42H2,1-3H3/b11-8-,12-9-,23-22-,26-17-,27-18-,35-32-,37-34-. The molecule has 294 valence electrons. The van der Waals surface area contributed by atoms with Crippen LogP contribution in [0.2, 0.25) is 0 Å². The lowest BCUT2D eigenvalue weighted by Gasteiger charge is -2.17.